The number of hydrogen-bond acceptors (Lipinski definition) is 7. The lowest BCUT2D eigenvalue weighted by molar-refractivity contribution is -0.0528. The number of rotatable bonds is 6. The van der Waals surface area contributed by atoms with Crippen LogP contribution in [0, 0.1) is 5.82 Å². The first-order valence-electron chi connectivity index (χ1n) is 8.08. The third kappa shape index (κ3) is 3.56. The summed E-state index contributed by atoms with van der Waals surface area (Å²) in [7, 11) is 0. The molecule has 144 valence electrons. The van der Waals surface area contributed by atoms with Crippen LogP contribution in [-0.2, 0) is 0 Å². The lowest BCUT2D eigenvalue weighted by atomic mass is 10.2. The van der Waals surface area contributed by atoms with Gasteiger partial charge in [-0.15, -0.1) is 0 Å². The molecule has 0 spiro atoms. The molecule has 9 nitrogen and oxygen atoms in total. The highest BCUT2D eigenvalue weighted by atomic mass is 19.3. The standard InChI is InChI=1S/C16H13F3N8O/c1-8(10-4-9(17)2-3-20-10)27-15-11(6-22-27)21-7-13(24-15)23-12-5-14(26-25-12)28-16(18)19/h2-8,16H,1H3,(H2,23,24,25,26)/t8-/m0/s1. The van der Waals surface area contributed by atoms with Crippen molar-refractivity contribution in [3.05, 3.63) is 48.3 Å². The van der Waals surface area contributed by atoms with Crippen LogP contribution in [0.4, 0.5) is 24.8 Å². The molecule has 0 aliphatic rings. The van der Waals surface area contributed by atoms with Crippen LogP contribution >= 0.6 is 0 Å². The first kappa shape index (κ1) is 17.7. The van der Waals surface area contributed by atoms with Gasteiger partial charge in [0.25, 0.3) is 0 Å². The minimum absolute atomic E-state index is 0.192. The normalized spacial score (nSPS) is 12.5. The molecule has 2 N–H and O–H groups in total. The van der Waals surface area contributed by atoms with Crippen molar-refractivity contribution in [1.82, 2.24) is 34.9 Å². The Morgan fingerprint density at radius 1 is 1.18 bits per heavy atom. The van der Waals surface area contributed by atoms with E-state index in [0.29, 0.717) is 22.7 Å². The van der Waals surface area contributed by atoms with Crippen molar-refractivity contribution in [2.45, 2.75) is 19.6 Å². The fourth-order valence-corrected chi connectivity index (χ4v) is 2.59. The minimum Gasteiger partial charge on any atom is -0.417 e. The van der Waals surface area contributed by atoms with Gasteiger partial charge in [-0.3, -0.25) is 4.98 Å². The van der Waals surface area contributed by atoms with Crippen molar-refractivity contribution in [3.63, 3.8) is 0 Å². The molecule has 0 saturated heterocycles. The molecular formula is C16H13F3N8O. The van der Waals surface area contributed by atoms with E-state index in [9.17, 15) is 13.2 Å². The Balaban J connectivity index is 1.62. The maximum Gasteiger partial charge on any atom is 0.388 e. The Kier molecular flexibility index (Phi) is 4.51. The molecule has 4 aromatic heterocycles. The third-order valence-corrected chi connectivity index (χ3v) is 3.87. The molecule has 4 aromatic rings. The van der Waals surface area contributed by atoms with Gasteiger partial charge in [0.05, 0.1) is 24.1 Å². The number of halogens is 3. The first-order valence-corrected chi connectivity index (χ1v) is 8.08. The quantitative estimate of drug-likeness (QED) is 0.521. The summed E-state index contributed by atoms with van der Waals surface area (Å²) in [5.41, 5.74) is 1.44. The van der Waals surface area contributed by atoms with Gasteiger partial charge < -0.3 is 10.1 Å². The molecule has 0 radical (unpaired) electrons. The smallest absolute Gasteiger partial charge is 0.388 e. The Labute approximate surface area is 155 Å². The van der Waals surface area contributed by atoms with Crippen LogP contribution in [0.3, 0.4) is 0 Å². The molecule has 0 fully saturated rings. The summed E-state index contributed by atoms with van der Waals surface area (Å²) in [6, 6.07) is 3.44. The van der Waals surface area contributed by atoms with Gasteiger partial charge in [0.15, 0.2) is 17.3 Å². The van der Waals surface area contributed by atoms with E-state index in [1.807, 2.05) is 0 Å². The summed E-state index contributed by atoms with van der Waals surface area (Å²) in [4.78, 5) is 12.9. The molecular weight excluding hydrogens is 377 g/mol. The largest absolute Gasteiger partial charge is 0.417 e. The number of anilines is 2. The van der Waals surface area contributed by atoms with E-state index >= 15 is 0 Å². The van der Waals surface area contributed by atoms with Crippen molar-refractivity contribution < 1.29 is 17.9 Å². The van der Waals surface area contributed by atoms with E-state index in [2.05, 4.69) is 40.3 Å². The molecule has 1 atom stereocenters. The molecule has 0 aliphatic carbocycles. The van der Waals surface area contributed by atoms with E-state index in [1.54, 1.807) is 11.6 Å². The average molecular weight is 390 g/mol. The van der Waals surface area contributed by atoms with E-state index < -0.39 is 18.5 Å². The van der Waals surface area contributed by atoms with Gasteiger partial charge in [-0.05, 0) is 19.1 Å². The third-order valence-electron chi connectivity index (χ3n) is 3.87. The minimum atomic E-state index is -2.96. The predicted molar refractivity (Wildman–Crippen MR) is 91.8 cm³/mol. The van der Waals surface area contributed by atoms with Crippen LogP contribution in [0.1, 0.15) is 18.7 Å². The van der Waals surface area contributed by atoms with Crippen LogP contribution in [0.5, 0.6) is 5.88 Å². The zero-order chi connectivity index (χ0) is 19.7. The van der Waals surface area contributed by atoms with E-state index in [0.717, 1.165) is 0 Å². The summed E-state index contributed by atoms with van der Waals surface area (Å²) >= 11 is 0. The molecule has 0 unspecified atom stereocenters. The molecule has 0 amide bonds. The highest BCUT2D eigenvalue weighted by Gasteiger charge is 2.16. The number of alkyl halides is 2. The zero-order valence-corrected chi connectivity index (χ0v) is 14.3. The first-order chi connectivity index (χ1) is 13.5. The number of H-pyrrole nitrogens is 1. The fraction of sp³-hybridized carbons (Fsp3) is 0.188. The topological polar surface area (TPSA) is 106 Å². The molecule has 4 rings (SSSR count). The van der Waals surface area contributed by atoms with Crippen molar-refractivity contribution in [2.24, 2.45) is 0 Å². The van der Waals surface area contributed by atoms with Crippen LogP contribution in [0.25, 0.3) is 11.2 Å². The molecule has 0 aromatic carbocycles. The molecule has 12 heteroatoms. The number of hydrogen-bond donors (Lipinski definition) is 2. The number of aromatic nitrogens is 7. The second-order valence-corrected chi connectivity index (χ2v) is 5.75. The van der Waals surface area contributed by atoms with Gasteiger partial charge in [0.1, 0.15) is 11.3 Å². The van der Waals surface area contributed by atoms with Crippen molar-refractivity contribution in [2.75, 3.05) is 5.32 Å². The van der Waals surface area contributed by atoms with Gasteiger partial charge in [-0.2, -0.15) is 19.0 Å². The number of ether oxygens (including phenoxy) is 1. The summed E-state index contributed by atoms with van der Waals surface area (Å²) in [6.45, 7) is -1.16. The second kappa shape index (κ2) is 7.13. The van der Waals surface area contributed by atoms with Gasteiger partial charge in [0.2, 0.25) is 5.88 Å². The van der Waals surface area contributed by atoms with Gasteiger partial charge in [-0.25, -0.2) is 24.1 Å². The molecule has 0 aliphatic heterocycles. The number of pyridine rings is 1. The Morgan fingerprint density at radius 3 is 2.82 bits per heavy atom. The molecule has 28 heavy (non-hydrogen) atoms. The number of nitrogens with zero attached hydrogens (tertiary/aromatic N) is 6. The van der Waals surface area contributed by atoms with Crippen molar-refractivity contribution in [3.8, 4) is 5.88 Å². The van der Waals surface area contributed by atoms with Crippen molar-refractivity contribution >= 4 is 22.8 Å². The lowest BCUT2D eigenvalue weighted by Gasteiger charge is -2.12. The molecule has 4 heterocycles. The lowest BCUT2D eigenvalue weighted by Crippen LogP contribution is -2.11. The van der Waals surface area contributed by atoms with Crippen LogP contribution in [-0.4, -0.2) is 41.5 Å². The van der Waals surface area contributed by atoms with Crippen LogP contribution in [0.2, 0.25) is 0 Å². The number of nitrogens with one attached hydrogen (secondary N) is 2. The van der Waals surface area contributed by atoms with Gasteiger partial charge in [-0.1, -0.05) is 0 Å². The highest BCUT2D eigenvalue weighted by molar-refractivity contribution is 5.72. The number of fused-ring (bicyclic) bond motifs is 1. The second-order valence-electron chi connectivity index (χ2n) is 5.75. The van der Waals surface area contributed by atoms with Crippen LogP contribution in [0.15, 0.2) is 36.8 Å². The Morgan fingerprint density at radius 2 is 2.04 bits per heavy atom. The summed E-state index contributed by atoms with van der Waals surface area (Å²) in [5, 5.41) is 13.2. The fourth-order valence-electron chi connectivity index (χ4n) is 2.59. The SMILES string of the molecule is C[C@@H](c1cc(F)ccn1)n1ncc2ncc(Nc3cc(OC(F)F)[nH]n3)nc21. The van der Waals surface area contributed by atoms with Gasteiger partial charge in [0, 0.05) is 12.3 Å². The maximum atomic E-state index is 13.5. The summed E-state index contributed by atoms with van der Waals surface area (Å²) < 4.78 is 43.7. The van der Waals surface area contributed by atoms with Crippen LogP contribution < -0.4 is 10.1 Å². The maximum absolute atomic E-state index is 13.5. The zero-order valence-electron chi connectivity index (χ0n) is 14.3. The van der Waals surface area contributed by atoms with Gasteiger partial charge >= 0.3 is 6.61 Å². The monoisotopic (exact) mass is 390 g/mol. The predicted octanol–water partition coefficient (Wildman–Crippen LogP) is 3.04. The molecule has 0 saturated carbocycles. The highest BCUT2D eigenvalue weighted by Crippen LogP contribution is 2.23. The summed E-state index contributed by atoms with van der Waals surface area (Å²) in [6.07, 6.45) is 4.36. The Hall–Kier alpha value is -3.70. The van der Waals surface area contributed by atoms with E-state index in [1.165, 1.54) is 36.8 Å². The summed E-state index contributed by atoms with van der Waals surface area (Å²) in [5.74, 6) is -0.0663. The average Bonchev–Trinajstić information content (AvgIpc) is 3.27. The number of aromatic amines is 1. The van der Waals surface area contributed by atoms with E-state index in [4.69, 9.17) is 0 Å². The van der Waals surface area contributed by atoms with Crippen molar-refractivity contribution in [1.29, 1.82) is 0 Å². The molecule has 0 bridgehead atoms. The Bertz CT molecular complexity index is 1110. The van der Waals surface area contributed by atoms with E-state index in [-0.39, 0.29) is 11.7 Å².